The van der Waals surface area contributed by atoms with Crippen molar-refractivity contribution in [1.82, 2.24) is 20.0 Å². The summed E-state index contributed by atoms with van der Waals surface area (Å²) >= 11 is 8.30. The first-order valence-electron chi connectivity index (χ1n) is 4.42. The Balaban J connectivity index is 2.53. The molecule has 2 aromatic heterocycles. The minimum Gasteiger partial charge on any atom is -0.382 e. The second kappa shape index (κ2) is 4.91. The summed E-state index contributed by atoms with van der Waals surface area (Å²) in [5.74, 6) is 0.563. The second-order valence-corrected chi connectivity index (χ2v) is 5.01. The van der Waals surface area contributed by atoms with Gasteiger partial charge in [-0.05, 0) is 6.26 Å². The molecule has 0 fully saturated rings. The van der Waals surface area contributed by atoms with Crippen molar-refractivity contribution >= 4 is 40.5 Å². The number of nitrogens with two attached hydrogens (primary N) is 1. The Kier molecular flexibility index (Phi) is 3.51. The number of hydrogen-bond acceptors (Lipinski definition) is 7. The molecule has 9 heteroatoms. The zero-order chi connectivity index (χ0) is 12.4. The van der Waals surface area contributed by atoms with Gasteiger partial charge in [0.05, 0.1) is 5.88 Å². The van der Waals surface area contributed by atoms with Gasteiger partial charge in [0.1, 0.15) is 27.5 Å². The lowest BCUT2D eigenvalue weighted by Crippen LogP contribution is -2.01. The van der Waals surface area contributed by atoms with Crippen molar-refractivity contribution in [2.75, 3.05) is 12.0 Å². The molecule has 17 heavy (non-hydrogen) atoms. The highest BCUT2D eigenvalue weighted by atomic mass is 35.5. The Morgan fingerprint density at radius 2 is 2.35 bits per heavy atom. The van der Waals surface area contributed by atoms with Crippen LogP contribution >= 0.6 is 34.7 Å². The van der Waals surface area contributed by atoms with Crippen molar-refractivity contribution in [1.29, 1.82) is 5.26 Å². The number of nitrogen functional groups attached to an aromatic ring is 1. The van der Waals surface area contributed by atoms with Crippen LogP contribution < -0.4 is 5.73 Å². The fourth-order valence-corrected chi connectivity index (χ4v) is 2.58. The van der Waals surface area contributed by atoms with E-state index in [-0.39, 0.29) is 5.82 Å². The van der Waals surface area contributed by atoms with Crippen molar-refractivity contribution in [3.05, 3.63) is 10.6 Å². The number of thioether (sulfide) groups is 1. The van der Waals surface area contributed by atoms with Gasteiger partial charge in [-0.3, -0.25) is 0 Å². The molecule has 6 nitrogen and oxygen atoms in total. The topological polar surface area (TPSA) is 93.4 Å². The van der Waals surface area contributed by atoms with E-state index >= 15 is 0 Å². The molecule has 2 rings (SSSR count). The first kappa shape index (κ1) is 12.2. The van der Waals surface area contributed by atoms with Gasteiger partial charge in [0, 0.05) is 0 Å². The lowest BCUT2D eigenvalue weighted by molar-refractivity contribution is 0.818. The normalized spacial score (nSPS) is 10.4. The maximum Gasteiger partial charge on any atom is 0.234 e. The van der Waals surface area contributed by atoms with Gasteiger partial charge in [0.2, 0.25) is 5.13 Å². The summed E-state index contributed by atoms with van der Waals surface area (Å²) in [6, 6.07) is 2.03. The Hall–Kier alpha value is -1.30. The van der Waals surface area contributed by atoms with Crippen LogP contribution in [0.1, 0.15) is 10.6 Å². The standard InChI is InChI=1S/C8H7ClN6S2/c1-16-7-4(3-10)6(11)15(14-7)8-13-12-5(2-9)17-8/h2,11H2,1H3. The number of halogens is 1. The highest BCUT2D eigenvalue weighted by molar-refractivity contribution is 7.98. The molecule has 2 N–H and O–H groups in total. The molecule has 0 amide bonds. The summed E-state index contributed by atoms with van der Waals surface area (Å²) in [4.78, 5) is 0. The number of alkyl halides is 1. The van der Waals surface area contributed by atoms with Crippen molar-refractivity contribution in [2.45, 2.75) is 10.9 Å². The third-order valence-corrected chi connectivity index (χ3v) is 3.93. The zero-order valence-corrected chi connectivity index (χ0v) is 11.1. The second-order valence-electron chi connectivity index (χ2n) is 2.91. The van der Waals surface area contributed by atoms with Gasteiger partial charge in [-0.15, -0.1) is 33.6 Å². The van der Waals surface area contributed by atoms with Crippen LogP contribution in [0.2, 0.25) is 0 Å². The average Bonchev–Trinajstić information content (AvgIpc) is 2.92. The number of anilines is 1. The lowest BCUT2D eigenvalue weighted by Gasteiger charge is -1.95. The maximum absolute atomic E-state index is 8.99. The monoisotopic (exact) mass is 286 g/mol. The first-order chi connectivity index (χ1) is 8.21. The Labute approximate surface area is 110 Å². The van der Waals surface area contributed by atoms with Crippen LogP contribution in [-0.2, 0) is 5.88 Å². The molecule has 88 valence electrons. The van der Waals surface area contributed by atoms with Gasteiger partial charge in [0.25, 0.3) is 0 Å². The molecule has 0 aliphatic carbocycles. The van der Waals surface area contributed by atoms with Gasteiger partial charge in [0.15, 0.2) is 0 Å². The molecule has 0 atom stereocenters. The number of hydrogen-bond donors (Lipinski definition) is 1. The fourth-order valence-electron chi connectivity index (χ4n) is 1.19. The van der Waals surface area contributed by atoms with E-state index in [2.05, 4.69) is 15.3 Å². The van der Waals surface area contributed by atoms with E-state index < -0.39 is 0 Å². The zero-order valence-electron chi connectivity index (χ0n) is 8.71. The molecule has 0 bridgehead atoms. The number of nitriles is 1. The molecule has 0 radical (unpaired) electrons. The highest BCUT2D eigenvalue weighted by Gasteiger charge is 2.18. The molecule has 0 saturated heterocycles. The van der Waals surface area contributed by atoms with Gasteiger partial charge in [-0.2, -0.15) is 15.0 Å². The van der Waals surface area contributed by atoms with E-state index in [1.807, 2.05) is 12.3 Å². The number of rotatable bonds is 3. The van der Waals surface area contributed by atoms with E-state index in [0.717, 1.165) is 0 Å². The van der Waals surface area contributed by atoms with Crippen molar-refractivity contribution in [3.8, 4) is 11.2 Å². The van der Waals surface area contributed by atoms with E-state index in [4.69, 9.17) is 22.6 Å². The summed E-state index contributed by atoms with van der Waals surface area (Å²) in [5.41, 5.74) is 6.20. The molecular weight excluding hydrogens is 280 g/mol. The fraction of sp³-hybridized carbons (Fsp3) is 0.250. The summed E-state index contributed by atoms with van der Waals surface area (Å²) in [6.07, 6.45) is 1.83. The van der Waals surface area contributed by atoms with E-state index in [0.29, 0.717) is 26.6 Å². The largest absolute Gasteiger partial charge is 0.382 e. The molecule has 0 spiro atoms. The van der Waals surface area contributed by atoms with Crippen LogP contribution in [-0.4, -0.2) is 26.2 Å². The molecule has 0 aliphatic rings. The van der Waals surface area contributed by atoms with Crippen molar-refractivity contribution in [3.63, 3.8) is 0 Å². The SMILES string of the molecule is CSc1nn(-c2nnc(CCl)s2)c(N)c1C#N. The smallest absolute Gasteiger partial charge is 0.234 e. The highest BCUT2D eigenvalue weighted by Crippen LogP contribution is 2.27. The minimum atomic E-state index is 0.272. The van der Waals surface area contributed by atoms with Crippen molar-refractivity contribution in [2.24, 2.45) is 0 Å². The van der Waals surface area contributed by atoms with E-state index in [1.54, 1.807) is 0 Å². The quantitative estimate of drug-likeness (QED) is 0.681. The number of nitrogens with zero attached hydrogens (tertiary/aromatic N) is 5. The van der Waals surface area contributed by atoms with E-state index in [9.17, 15) is 0 Å². The van der Waals surface area contributed by atoms with E-state index in [1.165, 1.54) is 27.8 Å². The van der Waals surface area contributed by atoms with Crippen LogP contribution in [0.5, 0.6) is 0 Å². The van der Waals surface area contributed by atoms with Crippen LogP contribution in [0.3, 0.4) is 0 Å². The lowest BCUT2D eigenvalue weighted by atomic mass is 10.4. The van der Waals surface area contributed by atoms with Gasteiger partial charge in [-0.1, -0.05) is 11.3 Å². The third-order valence-electron chi connectivity index (χ3n) is 1.95. The molecule has 2 heterocycles. The summed E-state index contributed by atoms with van der Waals surface area (Å²) in [7, 11) is 0. The Bertz CT molecular complexity index is 583. The van der Waals surface area contributed by atoms with Gasteiger partial charge < -0.3 is 5.73 Å². The average molecular weight is 287 g/mol. The summed E-state index contributed by atoms with van der Waals surface area (Å²) in [6.45, 7) is 0. The summed E-state index contributed by atoms with van der Waals surface area (Å²) < 4.78 is 1.41. The van der Waals surface area contributed by atoms with Crippen LogP contribution in [0.4, 0.5) is 5.82 Å². The van der Waals surface area contributed by atoms with Gasteiger partial charge >= 0.3 is 0 Å². The predicted molar refractivity (Wildman–Crippen MR) is 67.5 cm³/mol. The minimum absolute atomic E-state index is 0.272. The first-order valence-corrected chi connectivity index (χ1v) is 7.00. The number of aromatic nitrogens is 4. The maximum atomic E-state index is 8.99. The van der Waals surface area contributed by atoms with Crippen LogP contribution in [0.15, 0.2) is 5.03 Å². The summed E-state index contributed by atoms with van der Waals surface area (Å²) in [5, 5.41) is 22.8. The van der Waals surface area contributed by atoms with Crippen molar-refractivity contribution < 1.29 is 0 Å². The third kappa shape index (κ3) is 2.09. The molecule has 0 saturated carbocycles. The predicted octanol–water partition coefficient (Wildman–Crippen LogP) is 1.64. The molecule has 0 aromatic carbocycles. The van der Waals surface area contributed by atoms with Crippen LogP contribution in [0.25, 0.3) is 5.13 Å². The molecule has 0 aliphatic heterocycles. The van der Waals surface area contributed by atoms with Crippen LogP contribution in [0, 0.1) is 11.3 Å². The Morgan fingerprint density at radius 3 is 2.82 bits per heavy atom. The van der Waals surface area contributed by atoms with Gasteiger partial charge in [-0.25, -0.2) is 0 Å². The molecule has 2 aromatic rings. The Morgan fingerprint density at radius 1 is 1.59 bits per heavy atom. The molecule has 0 unspecified atom stereocenters. The molecular formula is C8H7ClN6S2.